The molecule has 1 aliphatic carbocycles. The first-order valence-electron chi connectivity index (χ1n) is 11.1. The summed E-state index contributed by atoms with van der Waals surface area (Å²) in [5.41, 5.74) is 3.31. The first-order valence-corrected chi connectivity index (χ1v) is 11.5. The molecule has 2 amide bonds. The average Bonchev–Trinajstić information content (AvgIpc) is 3.29. The summed E-state index contributed by atoms with van der Waals surface area (Å²) in [6, 6.07) is 16.5. The lowest BCUT2D eigenvalue weighted by Gasteiger charge is -2.35. The molecular formula is C27H27ClN2O3. The van der Waals surface area contributed by atoms with Crippen molar-refractivity contribution in [2.75, 3.05) is 6.54 Å². The molecule has 2 aromatic rings. The topological polar surface area (TPSA) is 69.6 Å². The minimum atomic E-state index is -1.49. The Bertz CT molecular complexity index is 1110. The third kappa shape index (κ3) is 4.80. The largest absolute Gasteiger partial charge is 0.367 e. The highest BCUT2D eigenvalue weighted by molar-refractivity contribution is 6.25. The maximum absolute atomic E-state index is 13.4. The first-order chi connectivity index (χ1) is 15.9. The molecule has 33 heavy (non-hydrogen) atoms. The second kappa shape index (κ2) is 9.77. The second-order valence-corrected chi connectivity index (χ2v) is 8.66. The van der Waals surface area contributed by atoms with E-state index < -0.39 is 17.7 Å². The molecule has 6 heteroatoms. The SMILES string of the molecule is CCC1C=CC=CC1(O)NC(=O)[C@@H]1CC(=CCl)CN1C(=O)c1ccc(-c2ccccc2)cc1. The minimum absolute atomic E-state index is 0.245. The van der Waals surface area contributed by atoms with Crippen LogP contribution in [0.1, 0.15) is 30.1 Å². The van der Waals surface area contributed by atoms with E-state index in [1.54, 1.807) is 24.3 Å². The van der Waals surface area contributed by atoms with Gasteiger partial charge in [0.05, 0.1) is 0 Å². The van der Waals surface area contributed by atoms with E-state index >= 15 is 0 Å². The molecule has 1 aliphatic heterocycles. The second-order valence-electron chi connectivity index (χ2n) is 8.44. The predicted molar refractivity (Wildman–Crippen MR) is 130 cm³/mol. The molecular weight excluding hydrogens is 436 g/mol. The van der Waals surface area contributed by atoms with Gasteiger partial charge in [-0.1, -0.05) is 79.2 Å². The number of hydrogen-bond acceptors (Lipinski definition) is 3. The lowest BCUT2D eigenvalue weighted by Crippen LogP contribution is -2.57. The van der Waals surface area contributed by atoms with Gasteiger partial charge in [-0.05, 0) is 41.3 Å². The van der Waals surface area contributed by atoms with Gasteiger partial charge in [0.2, 0.25) is 5.91 Å². The molecule has 0 radical (unpaired) electrons. The number of nitrogens with zero attached hydrogens (tertiary/aromatic N) is 1. The molecule has 170 valence electrons. The Balaban J connectivity index is 1.54. The summed E-state index contributed by atoms with van der Waals surface area (Å²) >= 11 is 5.95. The lowest BCUT2D eigenvalue weighted by atomic mass is 9.88. The number of nitrogens with one attached hydrogen (secondary N) is 1. The van der Waals surface area contributed by atoms with E-state index in [-0.39, 0.29) is 18.4 Å². The van der Waals surface area contributed by atoms with Crippen molar-refractivity contribution >= 4 is 23.4 Å². The van der Waals surface area contributed by atoms with Crippen molar-refractivity contribution in [3.63, 3.8) is 0 Å². The summed E-state index contributed by atoms with van der Waals surface area (Å²) in [6.07, 6.45) is 8.01. The zero-order chi connectivity index (χ0) is 23.4. The molecule has 2 aromatic carbocycles. The van der Waals surface area contributed by atoms with E-state index in [1.165, 1.54) is 10.4 Å². The van der Waals surface area contributed by atoms with E-state index in [0.29, 0.717) is 18.4 Å². The van der Waals surface area contributed by atoms with Crippen LogP contribution in [0.3, 0.4) is 0 Å². The fourth-order valence-electron chi connectivity index (χ4n) is 4.41. The van der Waals surface area contributed by atoms with Crippen LogP contribution in [0.5, 0.6) is 0 Å². The van der Waals surface area contributed by atoms with Crippen molar-refractivity contribution in [3.8, 4) is 11.1 Å². The molecule has 1 heterocycles. The van der Waals surface area contributed by atoms with Gasteiger partial charge in [-0.25, -0.2) is 0 Å². The number of likely N-dealkylation sites (tertiary alicyclic amines) is 1. The van der Waals surface area contributed by atoms with Gasteiger partial charge in [-0.3, -0.25) is 9.59 Å². The molecule has 0 spiro atoms. The van der Waals surface area contributed by atoms with E-state index in [2.05, 4.69) is 5.32 Å². The number of carbonyl (C=O) groups excluding carboxylic acids is 2. The molecule has 2 aliphatic rings. The van der Waals surface area contributed by atoms with E-state index in [0.717, 1.165) is 16.7 Å². The summed E-state index contributed by atoms with van der Waals surface area (Å²) in [6.45, 7) is 2.22. The predicted octanol–water partition coefficient (Wildman–Crippen LogP) is 4.65. The Morgan fingerprint density at radius 2 is 1.82 bits per heavy atom. The van der Waals surface area contributed by atoms with Crippen LogP contribution in [0.25, 0.3) is 11.1 Å². The highest BCUT2D eigenvalue weighted by Gasteiger charge is 2.41. The quantitative estimate of drug-likeness (QED) is 0.635. The monoisotopic (exact) mass is 462 g/mol. The zero-order valence-corrected chi connectivity index (χ0v) is 19.2. The summed E-state index contributed by atoms with van der Waals surface area (Å²) in [7, 11) is 0. The third-order valence-corrected chi connectivity index (χ3v) is 6.60. The molecule has 0 saturated carbocycles. The van der Waals surface area contributed by atoms with Crippen molar-refractivity contribution in [2.45, 2.75) is 31.5 Å². The number of amides is 2. The molecule has 0 bridgehead atoms. The number of aliphatic hydroxyl groups is 1. The van der Waals surface area contributed by atoms with E-state index in [1.807, 2.05) is 61.5 Å². The Morgan fingerprint density at radius 3 is 2.48 bits per heavy atom. The number of hydrogen-bond donors (Lipinski definition) is 2. The van der Waals surface area contributed by atoms with Crippen LogP contribution in [0.15, 0.2) is 90.0 Å². The van der Waals surface area contributed by atoms with Crippen LogP contribution in [0.4, 0.5) is 0 Å². The number of rotatable bonds is 5. The van der Waals surface area contributed by atoms with Crippen LogP contribution in [-0.2, 0) is 4.79 Å². The number of benzene rings is 2. The Labute approximate surface area is 199 Å². The van der Waals surface area contributed by atoms with Gasteiger partial charge in [0.1, 0.15) is 6.04 Å². The average molecular weight is 463 g/mol. The molecule has 3 atom stereocenters. The minimum Gasteiger partial charge on any atom is -0.367 e. The first kappa shape index (κ1) is 23.0. The third-order valence-electron chi connectivity index (χ3n) is 6.30. The van der Waals surface area contributed by atoms with Crippen molar-refractivity contribution in [1.82, 2.24) is 10.2 Å². The smallest absolute Gasteiger partial charge is 0.254 e. The molecule has 5 nitrogen and oxygen atoms in total. The summed E-state index contributed by atoms with van der Waals surface area (Å²) in [4.78, 5) is 28.1. The van der Waals surface area contributed by atoms with Crippen molar-refractivity contribution in [3.05, 3.63) is 95.6 Å². The Hall–Kier alpha value is -3.15. The highest BCUT2D eigenvalue weighted by Crippen LogP contribution is 2.29. The Morgan fingerprint density at radius 1 is 1.12 bits per heavy atom. The molecule has 1 fully saturated rings. The summed E-state index contributed by atoms with van der Waals surface area (Å²) < 4.78 is 0. The molecule has 2 unspecified atom stereocenters. The Kier molecular flexibility index (Phi) is 6.82. The van der Waals surface area contributed by atoms with Crippen molar-refractivity contribution in [2.24, 2.45) is 5.92 Å². The molecule has 4 rings (SSSR count). The van der Waals surface area contributed by atoms with Crippen LogP contribution in [-0.4, -0.2) is 40.1 Å². The van der Waals surface area contributed by atoms with Crippen LogP contribution in [0, 0.1) is 5.92 Å². The number of carbonyl (C=O) groups is 2. The zero-order valence-electron chi connectivity index (χ0n) is 18.4. The maximum Gasteiger partial charge on any atom is 0.254 e. The lowest BCUT2D eigenvalue weighted by molar-refractivity contribution is -0.132. The fraction of sp³-hybridized carbons (Fsp3) is 0.259. The van der Waals surface area contributed by atoms with Gasteiger partial charge in [-0.15, -0.1) is 0 Å². The van der Waals surface area contributed by atoms with Gasteiger partial charge >= 0.3 is 0 Å². The van der Waals surface area contributed by atoms with E-state index in [9.17, 15) is 14.7 Å². The fourth-order valence-corrected chi connectivity index (χ4v) is 4.57. The highest BCUT2D eigenvalue weighted by atomic mass is 35.5. The van der Waals surface area contributed by atoms with Crippen LogP contribution in [0.2, 0.25) is 0 Å². The van der Waals surface area contributed by atoms with Gasteiger partial charge in [0.25, 0.3) is 5.91 Å². The summed E-state index contributed by atoms with van der Waals surface area (Å²) in [5.74, 6) is -0.898. The van der Waals surface area contributed by atoms with E-state index in [4.69, 9.17) is 11.6 Å². The van der Waals surface area contributed by atoms with Gasteiger partial charge in [0.15, 0.2) is 5.72 Å². The number of allylic oxidation sites excluding steroid dienone is 2. The molecule has 0 aromatic heterocycles. The standard InChI is InChI=1S/C27H27ClN2O3/c1-2-23-10-6-7-15-27(23,33)29-25(31)24-16-19(17-28)18-30(24)26(32)22-13-11-21(12-14-22)20-8-4-3-5-9-20/h3-15,17,23-24,33H,2,16,18H2,1H3,(H,29,31)/t23?,24-,27?/m0/s1. The van der Waals surface area contributed by atoms with Crippen LogP contribution >= 0.6 is 11.6 Å². The van der Waals surface area contributed by atoms with Crippen LogP contribution < -0.4 is 5.32 Å². The maximum atomic E-state index is 13.4. The van der Waals surface area contributed by atoms with Crippen molar-refractivity contribution in [1.29, 1.82) is 0 Å². The molecule has 1 saturated heterocycles. The normalized spacial score (nSPS) is 25.4. The van der Waals surface area contributed by atoms with Gasteiger partial charge < -0.3 is 15.3 Å². The number of halogens is 1. The van der Waals surface area contributed by atoms with Gasteiger partial charge in [0, 0.05) is 30.0 Å². The van der Waals surface area contributed by atoms with Crippen molar-refractivity contribution < 1.29 is 14.7 Å². The van der Waals surface area contributed by atoms with Gasteiger partial charge in [-0.2, -0.15) is 0 Å². The summed E-state index contributed by atoms with van der Waals surface area (Å²) in [5, 5.41) is 13.8. The molecule has 2 N–H and O–H groups in total.